The Morgan fingerprint density at radius 1 is 0.392 bits per heavy atom. The number of benzene rings is 2. The molecule has 8 aliphatic carbocycles. The van der Waals surface area contributed by atoms with Crippen LogP contribution in [0.5, 0.6) is 0 Å². The average Bonchev–Trinajstić information content (AvgIpc) is 4.12. The molecule has 2 nitrogen and oxygen atoms in total. The van der Waals surface area contributed by atoms with Crippen molar-refractivity contribution in [2.75, 3.05) is 13.1 Å². The molecule has 0 heterocycles. The molecule has 12 heteroatoms. The van der Waals surface area contributed by atoms with Gasteiger partial charge in [-0.1, -0.05) is 212 Å². The van der Waals surface area contributed by atoms with Crippen molar-refractivity contribution in [3.8, 4) is 0 Å². The molecule has 0 amide bonds. The van der Waals surface area contributed by atoms with Crippen molar-refractivity contribution in [2.45, 2.75) is 207 Å². The molecule has 10 rings (SSSR count). The Hall–Kier alpha value is 2.74. The molecule has 0 radical (unpaired) electrons. The van der Waals surface area contributed by atoms with Crippen LogP contribution in [0.1, 0.15) is 139 Å². The Kier molecular flexibility index (Phi) is 34.7. The maximum Gasteiger partial charge on any atom is 4.00 e. The Bertz CT molecular complexity index is 1770. The molecular formula is C67H112Br4Cl2N2Si2Zr2. The van der Waals surface area contributed by atoms with Crippen molar-refractivity contribution in [3.63, 3.8) is 0 Å². The summed E-state index contributed by atoms with van der Waals surface area (Å²) in [7, 11) is 7.22. The number of alkyl halides is 4. The number of para-hydroxylation sites is 2. The van der Waals surface area contributed by atoms with Gasteiger partial charge in [0, 0.05) is 19.3 Å². The van der Waals surface area contributed by atoms with Gasteiger partial charge in [0.1, 0.15) is 0 Å². The van der Waals surface area contributed by atoms with Gasteiger partial charge in [0.2, 0.25) is 0 Å². The van der Waals surface area contributed by atoms with Gasteiger partial charge in [-0.05, 0) is 194 Å². The summed E-state index contributed by atoms with van der Waals surface area (Å²) < 4.78 is 0. The molecule has 0 aromatic heterocycles. The van der Waals surface area contributed by atoms with E-state index in [9.17, 15) is 0 Å². The van der Waals surface area contributed by atoms with Crippen LogP contribution in [0.4, 0.5) is 11.4 Å². The summed E-state index contributed by atoms with van der Waals surface area (Å²) in [5.41, 5.74) is 6.35. The zero-order valence-corrected chi connectivity index (χ0v) is 67.2. The van der Waals surface area contributed by atoms with E-state index in [1.165, 1.54) is 77.0 Å². The number of hydrogen-bond acceptors (Lipinski definition) is 0. The maximum absolute atomic E-state index is 4.93. The van der Waals surface area contributed by atoms with Crippen LogP contribution in [0.25, 0.3) is 10.6 Å². The molecular weight excluding hydrogens is 1460 g/mol. The Labute approximate surface area is 564 Å². The van der Waals surface area contributed by atoms with Crippen molar-refractivity contribution in [1.82, 2.24) is 0 Å². The smallest absolute Gasteiger partial charge is 0.684 e. The van der Waals surface area contributed by atoms with Gasteiger partial charge in [0.25, 0.3) is 0 Å². The van der Waals surface area contributed by atoms with E-state index in [-0.39, 0.29) is 55.9 Å². The molecule has 0 aliphatic heterocycles. The largest absolute Gasteiger partial charge is 4.00 e. The number of halogens is 6. The quantitative estimate of drug-likeness (QED) is 0.0982. The third-order valence-electron chi connectivity index (χ3n) is 22.6. The van der Waals surface area contributed by atoms with Crippen molar-refractivity contribution < 1.29 is 47.1 Å². The van der Waals surface area contributed by atoms with Crippen LogP contribution in [0.2, 0.25) is 48.4 Å². The van der Waals surface area contributed by atoms with Crippen LogP contribution in [-0.2, 0) is 47.1 Å². The summed E-state index contributed by atoms with van der Waals surface area (Å²) >= 11 is 15.8. The SMILES string of the molecule is CC1CCC2C(CC(C)C2[Si](C)(C)C2C(C)CC3C(Br)C(C)CCC32)C1Br.CC1CCC2C(CC(C)C2[Si](C)(C)C2C(C)CC3C(Br)C(C)CCC32)C1Br.[CH3-].[CH3-].[CH3-].[CH3-].[Cl][Zr+2][Cl].[Zr+4].c1ccc([N-]CCC[N-]c2ccccc2)cc1. The first-order chi connectivity index (χ1) is 35.1. The third-order valence-corrected chi connectivity index (χ3v) is 39.7. The van der Waals surface area contributed by atoms with E-state index in [4.69, 9.17) is 17.0 Å². The molecule has 8 aliphatic rings. The van der Waals surface area contributed by atoms with Gasteiger partial charge in [-0.3, -0.25) is 0 Å². The number of fused-ring (bicyclic) bond motifs is 4. The second-order valence-electron chi connectivity index (χ2n) is 27.8. The van der Waals surface area contributed by atoms with Gasteiger partial charge in [0.15, 0.2) is 0 Å². The summed E-state index contributed by atoms with van der Waals surface area (Å²) in [6.07, 6.45) is 18.9. The Balaban J connectivity index is 0.000000392. The average molecular weight is 1570 g/mol. The molecule has 8 fully saturated rings. The first-order valence-electron chi connectivity index (χ1n) is 30.1. The van der Waals surface area contributed by atoms with Gasteiger partial charge in [0.05, 0.1) is 16.1 Å². The number of nitrogens with zero attached hydrogens (tertiary/aromatic N) is 2. The van der Waals surface area contributed by atoms with Crippen molar-refractivity contribution in [1.29, 1.82) is 0 Å². The van der Waals surface area contributed by atoms with Crippen molar-refractivity contribution in [3.05, 3.63) is 101 Å². The molecule has 79 heavy (non-hydrogen) atoms. The summed E-state index contributed by atoms with van der Waals surface area (Å²) in [6.45, 7) is 33.5. The van der Waals surface area contributed by atoms with Crippen LogP contribution in [0.3, 0.4) is 0 Å². The topological polar surface area (TPSA) is 28.2 Å². The summed E-state index contributed by atoms with van der Waals surface area (Å²) in [5.74, 6) is 15.3. The number of rotatable bonds is 10. The predicted molar refractivity (Wildman–Crippen MR) is 368 cm³/mol. The first kappa shape index (κ1) is 77.8. The van der Waals surface area contributed by atoms with Crippen molar-refractivity contribution in [2.24, 2.45) is 94.7 Å². The van der Waals surface area contributed by atoms with Gasteiger partial charge in [-0.25, -0.2) is 0 Å². The van der Waals surface area contributed by atoms with Gasteiger partial charge >= 0.3 is 64.1 Å². The Morgan fingerprint density at radius 3 is 0.823 bits per heavy atom. The minimum absolute atomic E-state index is 0. The molecule has 2 aromatic rings. The fourth-order valence-electron chi connectivity index (χ4n) is 20.1. The molecule has 24 unspecified atom stereocenters. The van der Waals surface area contributed by atoms with E-state index in [0.717, 1.165) is 167 Å². The minimum Gasteiger partial charge on any atom is -0.684 e. The molecule has 0 bridgehead atoms. The van der Waals surface area contributed by atoms with E-state index in [1.807, 2.05) is 60.7 Å². The van der Waals surface area contributed by atoms with Gasteiger partial charge < -0.3 is 40.3 Å². The molecule has 2 aromatic carbocycles. The first-order valence-corrected chi connectivity index (χ1v) is 46.4. The van der Waals surface area contributed by atoms with Crippen LogP contribution in [0.15, 0.2) is 60.7 Å². The van der Waals surface area contributed by atoms with Gasteiger partial charge in [-0.2, -0.15) is 0 Å². The van der Waals surface area contributed by atoms with Crippen molar-refractivity contribution >= 4 is 108 Å². The van der Waals surface area contributed by atoms with E-state index < -0.39 is 37.0 Å². The molecule has 24 atom stereocenters. The van der Waals surface area contributed by atoms with E-state index in [2.05, 4.69) is 156 Å². The normalized spacial score (nSPS) is 40.5. The fourth-order valence-corrected chi connectivity index (χ4v) is 36.9. The van der Waals surface area contributed by atoms with Crippen LogP contribution < -0.4 is 0 Å². The molecule has 448 valence electrons. The summed E-state index contributed by atoms with van der Waals surface area (Å²) in [5, 5.41) is 8.95. The fraction of sp³-hybridized carbons (Fsp3) is 0.761. The van der Waals surface area contributed by atoms with Gasteiger partial charge in [-0.15, -0.1) is 24.5 Å². The molecule has 8 saturated carbocycles. The Morgan fingerprint density at radius 2 is 0.608 bits per heavy atom. The molecule has 0 spiro atoms. The number of hydrogen-bond donors (Lipinski definition) is 0. The zero-order valence-electron chi connectivity index (χ0n) is 52.4. The van der Waals surface area contributed by atoms with Crippen LogP contribution in [0, 0.1) is 124 Å². The summed E-state index contributed by atoms with van der Waals surface area (Å²) in [6, 6.07) is 20.1. The second kappa shape index (κ2) is 35.2. The monoisotopic (exact) mass is 1570 g/mol. The van der Waals surface area contributed by atoms with E-state index in [0.29, 0.717) is 0 Å². The zero-order chi connectivity index (χ0) is 53.8. The van der Waals surface area contributed by atoms with E-state index in [1.54, 1.807) is 0 Å². The summed E-state index contributed by atoms with van der Waals surface area (Å²) in [4.78, 5) is 3.13. The second-order valence-corrected chi connectivity index (χ2v) is 45.7. The molecule has 0 N–H and O–H groups in total. The third kappa shape index (κ3) is 18.0. The van der Waals surface area contributed by atoms with Crippen LogP contribution in [-0.4, -0.2) is 48.5 Å². The predicted octanol–water partition coefficient (Wildman–Crippen LogP) is 24.7. The minimum atomic E-state index is -1.32. The van der Waals surface area contributed by atoms with Crippen LogP contribution >= 0.6 is 80.7 Å². The standard InChI is InChI=1S/2C24H42Br2Si.C15H16N2.4CH3.2ClH.2Zr/c2*1-13-7-9-17-19(21(13)25)11-15(3)23(17)27(5,6)24-16(4)12-20-18(24)10-8-14(2)22(20)26;1-3-8-14(9-4-1)16-12-7-13-17-15-10-5-2-6-11-15;;;;;;;;/h2*13-24H,7-12H2,1-6H3;1-6,8-11H,7,12-13H2;4*1H3;2*1H;;/q;;-2;4*-1;;;2*+4/p-2. The maximum atomic E-state index is 4.93. The molecule has 0 saturated heterocycles. The van der Waals surface area contributed by atoms with E-state index >= 15 is 0 Å².